The molecule has 0 fully saturated rings. The summed E-state index contributed by atoms with van der Waals surface area (Å²) in [6.07, 6.45) is 1.48. The molecule has 0 saturated carbocycles. The van der Waals surface area contributed by atoms with Crippen LogP contribution in [0.3, 0.4) is 0 Å². The highest BCUT2D eigenvalue weighted by Crippen LogP contribution is 2.24. The van der Waals surface area contributed by atoms with Crippen LogP contribution in [-0.4, -0.2) is 20.9 Å². The Bertz CT molecular complexity index is 995. The normalized spacial score (nSPS) is 11.4. The smallest absolute Gasteiger partial charge is 0.238 e. The molecule has 0 spiro atoms. The minimum atomic E-state index is -3.68. The van der Waals surface area contributed by atoms with Crippen LogP contribution in [0, 0.1) is 0 Å². The summed E-state index contributed by atoms with van der Waals surface area (Å²) >= 11 is 0. The van der Waals surface area contributed by atoms with Crippen LogP contribution in [0.15, 0.2) is 89.8 Å². The number of rotatable bonds is 8. The lowest BCUT2D eigenvalue weighted by Crippen LogP contribution is -2.31. The molecule has 29 heavy (non-hydrogen) atoms. The number of nitrogens with two attached hydrogens (primary N) is 1. The first-order valence-corrected chi connectivity index (χ1v) is 11.0. The van der Waals surface area contributed by atoms with E-state index in [9.17, 15) is 13.2 Å². The van der Waals surface area contributed by atoms with Gasteiger partial charge in [0.15, 0.2) is 0 Å². The van der Waals surface area contributed by atoms with E-state index in [1.165, 1.54) is 12.1 Å². The maximum atomic E-state index is 12.9. The Morgan fingerprint density at radius 2 is 1.34 bits per heavy atom. The van der Waals surface area contributed by atoms with Crippen molar-refractivity contribution in [2.24, 2.45) is 5.14 Å². The van der Waals surface area contributed by atoms with Gasteiger partial charge in [0.2, 0.25) is 15.9 Å². The van der Waals surface area contributed by atoms with Gasteiger partial charge in [-0.05, 0) is 41.7 Å². The third-order valence-electron chi connectivity index (χ3n) is 4.72. The molecule has 0 atom stereocenters. The average Bonchev–Trinajstić information content (AvgIpc) is 2.73. The van der Waals surface area contributed by atoms with Crippen molar-refractivity contribution >= 4 is 15.9 Å². The SMILES string of the molecule is NS(=O)(=O)c1ccc(CCCNC(=O)C(c2ccccc2)c2ccccc2)cc1. The molecule has 0 aliphatic heterocycles. The number of carbonyl (C=O) groups excluding carboxylic acids is 1. The minimum Gasteiger partial charge on any atom is -0.355 e. The van der Waals surface area contributed by atoms with Gasteiger partial charge < -0.3 is 5.32 Å². The molecule has 3 N–H and O–H groups in total. The van der Waals surface area contributed by atoms with E-state index in [1.54, 1.807) is 12.1 Å². The van der Waals surface area contributed by atoms with E-state index < -0.39 is 10.0 Å². The molecule has 6 heteroatoms. The number of primary sulfonamides is 1. The highest BCUT2D eigenvalue weighted by Gasteiger charge is 2.21. The van der Waals surface area contributed by atoms with E-state index in [0.29, 0.717) is 6.54 Å². The number of sulfonamides is 1. The zero-order chi connectivity index (χ0) is 20.7. The second-order valence-corrected chi connectivity index (χ2v) is 8.40. The van der Waals surface area contributed by atoms with Gasteiger partial charge in [-0.3, -0.25) is 4.79 Å². The minimum absolute atomic E-state index is 0.0352. The van der Waals surface area contributed by atoms with E-state index >= 15 is 0 Å². The second kappa shape index (κ2) is 9.49. The molecule has 0 aromatic heterocycles. The summed E-state index contributed by atoms with van der Waals surface area (Å²) in [6, 6.07) is 26.0. The van der Waals surface area contributed by atoms with Crippen molar-refractivity contribution in [2.45, 2.75) is 23.7 Å². The van der Waals surface area contributed by atoms with Crippen molar-refractivity contribution in [3.8, 4) is 0 Å². The zero-order valence-corrected chi connectivity index (χ0v) is 16.8. The molecule has 150 valence electrons. The quantitative estimate of drug-likeness (QED) is 0.561. The number of carbonyl (C=O) groups is 1. The van der Waals surface area contributed by atoms with E-state index in [-0.39, 0.29) is 16.7 Å². The summed E-state index contributed by atoms with van der Waals surface area (Å²) in [4.78, 5) is 13.0. The largest absolute Gasteiger partial charge is 0.355 e. The topological polar surface area (TPSA) is 89.3 Å². The number of hydrogen-bond acceptors (Lipinski definition) is 3. The predicted molar refractivity (Wildman–Crippen MR) is 114 cm³/mol. The lowest BCUT2D eigenvalue weighted by Gasteiger charge is -2.18. The Morgan fingerprint density at radius 3 is 1.83 bits per heavy atom. The van der Waals surface area contributed by atoms with E-state index in [0.717, 1.165) is 29.5 Å². The van der Waals surface area contributed by atoms with Gasteiger partial charge in [-0.15, -0.1) is 0 Å². The van der Waals surface area contributed by atoms with Crippen LogP contribution in [-0.2, 0) is 21.2 Å². The van der Waals surface area contributed by atoms with Crippen LogP contribution in [0.1, 0.15) is 29.0 Å². The summed E-state index contributed by atoms with van der Waals surface area (Å²) in [5.41, 5.74) is 2.90. The second-order valence-electron chi connectivity index (χ2n) is 6.84. The van der Waals surface area contributed by atoms with Crippen LogP contribution in [0.2, 0.25) is 0 Å². The van der Waals surface area contributed by atoms with Gasteiger partial charge in [0.25, 0.3) is 0 Å². The first kappa shape index (κ1) is 20.8. The van der Waals surface area contributed by atoms with Crippen molar-refractivity contribution in [1.29, 1.82) is 0 Å². The number of benzene rings is 3. The third-order valence-corrected chi connectivity index (χ3v) is 5.65. The molecule has 0 saturated heterocycles. The Hall–Kier alpha value is -2.96. The van der Waals surface area contributed by atoms with Gasteiger partial charge in [0.05, 0.1) is 10.8 Å². The van der Waals surface area contributed by atoms with Gasteiger partial charge in [-0.25, -0.2) is 13.6 Å². The molecule has 3 rings (SSSR count). The molecular weight excluding hydrogens is 384 g/mol. The lowest BCUT2D eigenvalue weighted by molar-refractivity contribution is -0.121. The molecule has 0 bridgehead atoms. The fraction of sp³-hybridized carbons (Fsp3) is 0.174. The third kappa shape index (κ3) is 5.76. The predicted octanol–water partition coefficient (Wildman–Crippen LogP) is 3.21. The number of amides is 1. The van der Waals surface area contributed by atoms with Gasteiger partial charge in [-0.2, -0.15) is 0 Å². The maximum absolute atomic E-state index is 12.9. The van der Waals surface area contributed by atoms with Gasteiger partial charge in [0, 0.05) is 6.54 Å². The Morgan fingerprint density at radius 1 is 0.828 bits per heavy atom. The molecular formula is C23H24N2O3S. The maximum Gasteiger partial charge on any atom is 0.238 e. The van der Waals surface area contributed by atoms with Gasteiger partial charge in [0.1, 0.15) is 0 Å². The monoisotopic (exact) mass is 408 g/mol. The van der Waals surface area contributed by atoms with Gasteiger partial charge in [-0.1, -0.05) is 72.8 Å². The van der Waals surface area contributed by atoms with Crippen LogP contribution in [0.25, 0.3) is 0 Å². The van der Waals surface area contributed by atoms with Crippen molar-refractivity contribution in [3.63, 3.8) is 0 Å². The zero-order valence-electron chi connectivity index (χ0n) is 16.0. The van der Waals surface area contributed by atoms with Crippen molar-refractivity contribution < 1.29 is 13.2 Å². The van der Waals surface area contributed by atoms with Crippen molar-refractivity contribution in [2.75, 3.05) is 6.54 Å². The average molecular weight is 409 g/mol. The van der Waals surface area contributed by atoms with Crippen molar-refractivity contribution in [3.05, 3.63) is 102 Å². The molecule has 5 nitrogen and oxygen atoms in total. The molecule has 3 aromatic rings. The summed E-state index contributed by atoms with van der Waals surface area (Å²) in [5.74, 6) is -0.390. The van der Waals surface area contributed by atoms with Gasteiger partial charge >= 0.3 is 0 Å². The van der Waals surface area contributed by atoms with Crippen LogP contribution in [0.4, 0.5) is 0 Å². The Balaban J connectivity index is 1.59. The fourth-order valence-corrected chi connectivity index (χ4v) is 3.75. The van der Waals surface area contributed by atoms with E-state index in [1.807, 2.05) is 60.7 Å². The molecule has 0 aliphatic carbocycles. The molecule has 3 aromatic carbocycles. The first-order chi connectivity index (χ1) is 13.9. The van der Waals surface area contributed by atoms with Crippen LogP contribution < -0.4 is 10.5 Å². The van der Waals surface area contributed by atoms with E-state index in [2.05, 4.69) is 5.32 Å². The molecule has 0 radical (unpaired) electrons. The summed E-state index contributed by atoms with van der Waals surface area (Å²) in [7, 11) is -3.68. The van der Waals surface area contributed by atoms with Crippen LogP contribution >= 0.6 is 0 Å². The Labute approximate surface area is 171 Å². The molecule has 0 aliphatic rings. The lowest BCUT2D eigenvalue weighted by atomic mass is 9.90. The Kier molecular flexibility index (Phi) is 6.80. The number of hydrogen-bond donors (Lipinski definition) is 2. The summed E-state index contributed by atoms with van der Waals surface area (Å²) in [6.45, 7) is 0.534. The molecule has 0 heterocycles. The van der Waals surface area contributed by atoms with Crippen LogP contribution in [0.5, 0.6) is 0 Å². The van der Waals surface area contributed by atoms with E-state index in [4.69, 9.17) is 5.14 Å². The number of nitrogens with one attached hydrogen (secondary N) is 1. The standard InChI is InChI=1S/C23H24N2O3S/c24-29(27,28)21-15-13-18(14-16-21)8-7-17-25-23(26)22(19-9-3-1-4-10-19)20-11-5-2-6-12-20/h1-6,9-16,22H,7-8,17H2,(H,25,26)(H2,24,27,28). The summed E-state index contributed by atoms with van der Waals surface area (Å²) in [5, 5.41) is 8.14. The first-order valence-electron chi connectivity index (χ1n) is 9.44. The molecule has 1 amide bonds. The molecule has 0 unspecified atom stereocenters. The number of aryl methyl sites for hydroxylation is 1. The fourth-order valence-electron chi connectivity index (χ4n) is 3.24. The van der Waals surface area contributed by atoms with Crippen molar-refractivity contribution in [1.82, 2.24) is 5.32 Å². The highest BCUT2D eigenvalue weighted by molar-refractivity contribution is 7.89. The summed E-state index contributed by atoms with van der Waals surface area (Å²) < 4.78 is 22.6. The highest BCUT2D eigenvalue weighted by atomic mass is 32.2.